The lowest BCUT2D eigenvalue weighted by atomic mass is 10.1. The first-order valence-electron chi connectivity index (χ1n) is 5.66. The predicted octanol–water partition coefficient (Wildman–Crippen LogP) is 2.53. The quantitative estimate of drug-likeness (QED) is 0.849. The first kappa shape index (κ1) is 12.1. The third-order valence-corrected chi connectivity index (χ3v) is 2.68. The molecule has 0 aliphatic rings. The van der Waals surface area contributed by atoms with Crippen molar-refractivity contribution in [3.63, 3.8) is 0 Å². The lowest BCUT2D eigenvalue weighted by Gasteiger charge is -2.08. The molecule has 0 saturated heterocycles. The standard InChI is InChI=1S/C14H15N3O/c1-9-3-4-10(2)12(7-9)14(18)17-11-5-6-13(15)16-8-11/h3-8H,1-2H3,(H2,15,16)(H,17,18). The van der Waals surface area contributed by atoms with Gasteiger partial charge in [0.15, 0.2) is 0 Å². The van der Waals surface area contributed by atoms with Crippen molar-refractivity contribution < 1.29 is 4.79 Å². The highest BCUT2D eigenvalue weighted by molar-refractivity contribution is 6.05. The molecule has 4 heteroatoms. The number of nitrogens with two attached hydrogens (primary N) is 1. The van der Waals surface area contributed by atoms with E-state index in [4.69, 9.17) is 5.73 Å². The Kier molecular flexibility index (Phi) is 3.28. The molecule has 0 saturated carbocycles. The molecule has 1 aromatic carbocycles. The fourth-order valence-electron chi connectivity index (χ4n) is 1.66. The fourth-order valence-corrected chi connectivity index (χ4v) is 1.66. The number of carbonyl (C=O) groups is 1. The van der Waals surface area contributed by atoms with Gasteiger partial charge >= 0.3 is 0 Å². The molecule has 0 radical (unpaired) electrons. The van der Waals surface area contributed by atoms with E-state index in [2.05, 4.69) is 10.3 Å². The van der Waals surface area contributed by atoms with Crippen LogP contribution < -0.4 is 11.1 Å². The number of rotatable bonds is 2. The molecule has 18 heavy (non-hydrogen) atoms. The van der Waals surface area contributed by atoms with Crippen molar-refractivity contribution in [1.82, 2.24) is 4.98 Å². The van der Waals surface area contributed by atoms with E-state index in [1.165, 1.54) is 0 Å². The topological polar surface area (TPSA) is 68.0 Å². The van der Waals surface area contributed by atoms with Crippen molar-refractivity contribution >= 4 is 17.4 Å². The first-order chi connectivity index (χ1) is 8.56. The first-order valence-corrected chi connectivity index (χ1v) is 5.66. The summed E-state index contributed by atoms with van der Waals surface area (Å²) in [6.45, 7) is 3.87. The van der Waals surface area contributed by atoms with Gasteiger partial charge in [0.05, 0.1) is 11.9 Å². The van der Waals surface area contributed by atoms with Crippen molar-refractivity contribution in [2.24, 2.45) is 0 Å². The van der Waals surface area contributed by atoms with E-state index in [0.29, 0.717) is 17.1 Å². The van der Waals surface area contributed by atoms with Crippen LogP contribution in [0.4, 0.5) is 11.5 Å². The minimum atomic E-state index is -0.136. The van der Waals surface area contributed by atoms with Gasteiger partial charge in [0.1, 0.15) is 5.82 Å². The Bertz CT molecular complexity index is 576. The molecule has 1 amide bonds. The second-order valence-electron chi connectivity index (χ2n) is 4.24. The highest BCUT2D eigenvalue weighted by atomic mass is 16.1. The van der Waals surface area contributed by atoms with Crippen LogP contribution >= 0.6 is 0 Å². The summed E-state index contributed by atoms with van der Waals surface area (Å²) in [5, 5.41) is 2.80. The number of aromatic nitrogens is 1. The molecule has 1 heterocycles. The number of benzene rings is 1. The van der Waals surface area contributed by atoms with Gasteiger partial charge in [0.25, 0.3) is 5.91 Å². The van der Waals surface area contributed by atoms with Crippen molar-refractivity contribution in [3.8, 4) is 0 Å². The molecule has 0 aliphatic carbocycles. The van der Waals surface area contributed by atoms with Crippen LogP contribution in [0.3, 0.4) is 0 Å². The minimum absolute atomic E-state index is 0.136. The molecule has 0 atom stereocenters. The van der Waals surface area contributed by atoms with Gasteiger partial charge < -0.3 is 11.1 Å². The number of nitrogens with one attached hydrogen (secondary N) is 1. The number of carbonyl (C=O) groups excluding carboxylic acids is 1. The maximum absolute atomic E-state index is 12.1. The Balaban J connectivity index is 2.21. The van der Waals surface area contributed by atoms with E-state index in [9.17, 15) is 4.79 Å². The van der Waals surface area contributed by atoms with Crippen LogP contribution in [0.5, 0.6) is 0 Å². The number of nitrogens with zero attached hydrogens (tertiary/aromatic N) is 1. The van der Waals surface area contributed by atoms with E-state index >= 15 is 0 Å². The minimum Gasteiger partial charge on any atom is -0.384 e. The van der Waals surface area contributed by atoms with Gasteiger partial charge in [-0.3, -0.25) is 4.79 Å². The van der Waals surface area contributed by atoms with E-state index in [0.717, 1.165) is 11.1 Å². The maximum atomic E-state index is 12.1. The summed E-state index contributed by atoms with van der Waals surface area (Å²) in [5.74, 6) is 0.294. The van der Waals surface area contributed by atoms with Gasteiger partial charge in [0.2, 0.25) is 0 Å². The molecule has 2 aromatic rings. The Labute approximate surface area is 106 Å². The largest absolute Gasteiger partial charge is 0.384 e. The molecule has 0 fully saturated rings. The zero-order valence-corrected chi connectivity index (χ0v) is 10.4. The Morgan fingerprint density at radius 1 is 1.22 bits per heavy atom. The van der Waals surface area contributed by atoms with Gasteiger partial charge in [-0.25, -0.2) is 4.98 Å². The number of hydrogen-bond donors (Lipinski definition) is 2. The maximum Gasteiger partial charge on any atom is 0.255 e. The zero-order chi connectivity index (χ0) is 13.1. The summed E-state index contributed by atoms with van der Waals surface area (Å²) < 4.78 is 0. The van der Waals surface area contributed by atoms with Crippen LogP contribution in [-0.2, 0) is 0 Å². The van der Waals surface area contributed by atoms with Crippen molar-refractivity contribution in [2.45, 2.75) is 13.8 Å². The lowest BCUT2D eigenvalue weighted by Crippen LogP contribution is -2.13. The van der Waals surface area contributed by atoms with Crippen molar-refractivity contribution in [3.05, 3.63) is 53.2 Å². The molecular formula is C14H15N3O. The monoisotopic (exact) mass is 241 g/mol. The zero-order valence-electron chi connectivity index (χ0n) is 10.4. The van der Waals surface area contributed by atoms with Crippen LogP contribution in [0.1, 0.15) is 21.5 Å². The highest BCUT2D eigenvalue weighted by Gasteiger charge is 2.09. The summed E-state index contributed by atoms with van der Waals surface area (Å²) in [6.07, 6.45) is 1.54. The van der Waals surface area contributed by atoms with E-state index in [1.54, 1.807) is 18.3 Å². The molecule has 0 bridgehead atoms. The van der Waals surface area contributed by atoms with Gasteiger partial charge in [-0.2, -0.15) is 0 Å². The van der Waals surface area contributed by atoms with Gasteiger partial charge in [-0.05, 0) is 37.6 Å². The third kappa shape index (κ3) is 2.66. The average molecular weight is 241 g/mol. The predicted molar refractivity (Wildman–Crippen MR) is 72.5 cm³/mol. The van der Waals surface area contributed by atoms with Crippen LogP contribution in [-0.4, -0.2) is 10.9 Å². The second kappa shape index (κ2) is 4.87. The third-order valence-electron chi connectivity index (χ3n) is 2.68. The molecule has 2 rings (SSSR count). The molecule has 1 aromatic heterocycles. The Morgan fingerprint density at radius 3 is 2.67 bits per heavy atom. The van der Waals surface area contributed by atoms with Crippen LogP contribution in [0.2, 0.25) is 0 Å². The van der Waals surface area contributed by atoms with Crippen molar-refractivity contribution in [1.29, 1.82) is 0 Å². The van der Waals surface area contributed by atoms with Crippen LogP contribution in [0, 0.1) is 13.8 Å². The number of amides is 1. The number of pyridine rings is 1. The number of anilines is 2. The lowest BCUT2D eigenvalue weighted by molar-refractivity contribution is 0.102. The molecule has 0 spiro atoms. The van der Waals surface area contributed by atoms with E-state index in [-0.39, 0.29) is 5.91 Å². The molecule has 92 valence electrons. The van der Waals surface area contributed by atoms with Crippen LogP contribution in [0.15, 0.2) is 36.5 Å². The number of hydrogen-bond acceptors (Lipinski definition) is 3. The fraction of sp³-hybridized carbons (Fsp3) is 0.143. The summed E-state index contributed by atoms with van der Waals surface area (Å²) in [4.78, 5) is 16.0. The Hall–Kier alpha value is -2.36. The molecule has 3 N–H and O–H groups in total. The van der Waals surface area contributed by atoms with Crippen LogP contribution in [0.25, 0.3) is 0 Å². The van der Waals surface area contributed by atoms with E-state index < -0.39 is 0 Å². The smallest absolute Gasteiger partial charge is 0.255 e. The average Bonchev–Trinajstić information content (AvgIpc) is 2.35. The highest BCUT2D eigenvalue weighted by Crippen LogP contribution is 2.14. The van der Waals surface area contributed by atoms with Gasteiger partial charge in [0, 0.05) is 5.56 Å². The molecule has 0 aliphatic heterocycles. The number of nitrogen functional groups attached to an aromatic ring is 1. The molecular weight excluding hydrogens is 226 g/mol. The summed E-state index contributed by atoms with van der Waals surface area (Å²) >= 11 is 0. The van der Waals surface area contributed by atoms with Gasteiger partial charge in [-0.1, -0.05) is 17.7 Å². The summed E-state index contributed by atoms with van der Waals surface area (Å²) in [5.41, 5.74) is 8.80. The molecule has 4 nitrogen and oxygen atoms in total. The normalized spacial score (nSPS) is 10.1. The second-order valence-corrected chi connectivity index (χ2v) is 4.24. The van der Waals surface area contributed by atoms with Crippen molar-refractivity contribution in [2.75, 3.05) is 11.1 Å². The number of aryl methyl sites for hydroxylation is 2. The van der Waals surface area contributed by atoms with E-state index in [1.807, 2.05) is 32.0 Å². The SMILES string of the molecule is Cc1ccc(C)c(C(=O)Nc2ccc(N)nc2)c1. The Morgan fingerprint density at radius 2 is 2.00 bits per heavy atom. The van der Waals surface area contributed by atoms with Gasteiger partial charge in [-0.15, -0.1) is 0 Å². The summed E-state index contributed by atoms with van der Waals surface area (Å²) in [7, 11) is 0. The summed E-state index contributed by atoms with van der Waals surface area (Å²) in [6, 6.07) is 9.17. The molecule has 0 unspecified atom stereocenters.